The Hall–Kier alpha value is -2.31. The number of hydrogen-bond donors (Lipinski definition) is 2. The smallest absolute Gasteiger partial charge is 0.220 e. The van der Waals surface area contributed by atoms with Crippen molar-refractivity contribution >= 4 is 17.6 Å². The van der Waals surface area contributed by atoms with Crippen LogP contribution in [0.2, 0.25) is 0 Å². The summed E-state index contributed by atoms with van der Waals surface area (Å²) in [6.45, 7) is 2.36. The maximum Gasteiger partial charge on any atom is 0.220 e. The summed E-state index contributed by atoms with van der Waals surface area (Å²) in [7, 11) is 0. The van der Waals surface area contributed by atoms with Crippen LogP contribution in [0.4, 0.5) is 10.1 Å². The second-order valence-electron chi connectivity index (χ2n) is 5.86. The largest absolute Gasteiger partial charge is 0.492 e. The van der Waals surface area contributed by atoms with Gasteiger partial charge in [0.2, 0.25) is 11.9 Å². The van der Waals surface area contributed by atoms with Crippen molar-refractivity contribution in [3.63, 3.8) is 0 Å². The number of anilines is 1. The number of benzene rings is 1. The number of aliphatic imine (C=N–C) groups is 2. The van der Waals surface area contributed by atoms with Crippen molar-refractivity contribution in [1.29, 1.82) is 0 Å². The lowest BCUT2D eigenvalue weighted by Gasteiger charge is -2.45. The maximum absolute atomic E-state index is 13.9. The molecule has 1 spiro atoms. The summed E-state index contributed by atoms with van der Waals surface area (Å²) in [4.78, 5) is 10.5. The van der Waals surface area contributed by atoms with E-state index in [1.807, 2.05) is 6.92 Å². The molecule has 2 aliphatic rings. The molecule has 0 radical (unpaired) electrons. The number of ether oxygens (including phenoxy) is 1. The van der Waals surface area contributed by atoms with E-state index in [9.17, 15) is 4.39 Å². The first-order valence-electron chi connectivity index (χ1n) is 7.98. The lowest BCUT2D eigenvalue weighted by molar-refractivity contribution is 0.298. The van der Waals surface area contributed by atoms with Gasteiger partial charge in [0.15, 0.2) is 0 Å². The van der Waals surface area contributed by atoms with Crippen molar-refractivity contribution in [3.05, 3.63) is 24.0 Å². The minimum absolute atomic E-state index is 0.176. The second-order valence-corrected chi connectivity index (χ2v) is 5.86. The van der Waals surface area contributed by atoms with Crippen LogP contribution in [0.25, 0.3) is 0 Å². The van der Waals surface area contributed by atoms with E-state index in [1.54, 1.807) is 11.0 Å². The Kier molecular flexibility index (Phi) is 4.11. The number of guanidine groups is 2. The van der Waals surface area contributed by atoms with Crippen molar-refractivity contribution in [3.8, 4) is 5.75 Å². The fourth-order valence-corrected chi connectivity index (χ4v) is 3.41. The lowest BCUT2D eigenvalue weighted by Crippen LogP contribution is -2.58. The molecule has 0 saturated heterocycles. The first-order chi connectivity index (χ1) is 11.1. The highest BCUT2D eigenvalue weighted by Gasteiger charge is 2.43. The number of nitrogens with two attached hydrogens (primary N) is 2. The fourth-order valence-electron chi connectivity index (χ4n) is 3.41. The predicted octanol–water partition coefficient (Wildman–Crippen LogP) is 2.33. The van der Waals surface area contributed by atoms with Crippen molar-refractivity contribution in [2.45, 2.75) is 44.7 Å². The van der Waals surface area contributed by atoms with E-state index in [1.165, 1.54) is 12.1 Å². The molecular formula is C16H22FN5O. The minimum Gasteiger partial charge on any atom is -0.492 e. The Balaban J connectivity index is 2.12. The molecule has 1 saturated carbocycles. The van der Waals surface area contributed by atoms with Crippen LogP contribution in [0, 0.1) is 5.82 Å². The van der Waals surface area contributed by atoms with E-state index in [0.29, 0.717) is 18.0 Å². The molecule has 3 rings (SSSR count). The molecule has 1 aliphatic carbocycles. The summed E-state index contributed by atoms with van der Waals surface area (Å²) in [5.41, 5.74) is 12.0. The normalized spacial score (nSPS) is 20.2. The zero-order valence-electron chi connectivity index (χ0n) is 13.3. The Morgan fingerprint density at radius 3 is 2.70 bits per heavy atom. The zero-order chi connectivity index (χ0) is 16.4. The van der Waals surface area contributed by atoms with Gasteiger partial charge in [-0.2, -0.15) is 4.99 Å². The van der Waals surface area contributed by atoms with Gasteiger partial charge in [-0.1, -0.05) is 6.42 Å². The van der Waals surface area contributed by atoms with E-state index < -0.39 is 5.66 Å². The maximum atomic E-state index is 13.9. The van der Waals surface area contributed by atoms with Crippen LogP contribution >= 0.6 is 0 Å². The molecule has 7 heteroatoms. The highest BCUT2D eigenvalue weighted by atomic mass is 19.1. The Morgan fingerprint density at radius 2 is 2.00 bits per heavy atom. The summed E-state index contributed by atoms with van der Waals surface area (Å²) in [6.07, 6.45) is 4.77. The highest BCUT2D eigenvalue weighted by Crippen LogP contribution is 2.42. The molecule has 23 heavy (non-hydrogen) atoms. The van der Waals surface area contributed by atoms with Gasteiger partial charge in [-0.25, -0.2) is 9.38 Å². The van der Waals surface area contributed by atoms with Crippen LogP contribution in [0.15, 0.2) is 28.2 Å². The summed E-state index contributed by atoms with van der Waals surface area (Å²) in [6, 6.07) is 4.40. The third-order valence-corrected chi connectivity index (χ3v) is 4.31. The van der Waals surface area contributed by atoms with Crippen LogP contribution in [0.3, 0.4) is 0 Å². The third-order valence-electron chi connectivity index (χ3n) is 4.31. The van der Waals surface area contributed by atoms with Gasteiger partial charge in [0.25, 0.3) is 0 Å². The quantitative estimate of drug-likeness (QED) is 0.895. The first kappa shape index (κ1) is 15.6. The average molecular weight is 319 g/mol. The van der Waals surface area contributed by atoms with Crippen LogP contribution in [-0.4, -0.2) is 24.2 Å². The average Bonchev–Trinajstić information content (AvgIpc) is 2.50. The van der Waals surface area contributed by atoms with E-state index >= 15 is 0 Å². The molecule has 1 aromatic carbocycles. The number of rotatable bonds is 3. The molecule has 124 valence electrons. The van der Waals surface area contributed by atoms with Crippen LogP contribution in [0.1, 0.15) is 39.0 Å². The minimum atomic E-state index is -0.603. The summed E-state index contributed by atoms with van der Waals surface area (Å²) in [5.74, 6) is 0.610. The summed E-state index contributed by atoms with van der Waals surface area (Å²) >= 11 is 0. The molecule has 1 aromatic rings. The number of hydrogen-bond acceptors (Lipinski definition) is 6. The third kappa shape index (κ3) is 2.83. The highest BCUT2D eigenvalue weighted by molar-refractivity contribution is 6.06. The van der Waals surface area contributed by atoms with Gasteiger partial charge in [0, 0.05) is 6.07 Å². The van der Waals surface area contributed by atoms with E-state index in [4.69, 9.17) is 16.2 Å². The predicted molar refractivity (Wildman–Crippen MR) is 89.1 cm³/mol. The van der Waals surface area contributed by atoms with Gasteiger partial charge in [-0.05, 0) is 44.7 Å². The van der Waals surface area contributed by atoms with Gasteiger partial charge in [-0.15, -0.1) is 0 Å². The monoisotopic (exact) mass is 319 g/mol. The molecular weight excluding hydrogens is 297 g/mol. The number of halogens is 1. The van der Waals surface area contributed by atoms with Crippen molar-refractivity contribution < 1.29 is 9.13 Å². The second kappa shape index (κ2) is 6.06. The molecule has 0 unspecified atom stereocenters. The van der Waals surface area contributed by atoms with Gasteiger partial charge < -0.3 is 16.2 Å². The van der Waals surface area contributed by atoms with Crippen LogP contribution < -0.4 is 21.1 Å². The van der Waals surface area contributed by atoms with Gasteiger partial charge in [0.1, 0.15) is 17.2 Å². The molecule has 1 heterocycles. The Bertz CT molecular complexity index is 652. The molecule has 1 fully saturated rings. The Labute approximate surface area is 135 Å². The summed E-state index contributed by atoms with van der Waals surface area (Å²) < 4.78 is 19.5. The van der Waals surface area contributed by atoms with Crippen molar-refractivity contribution in [2.24, 2.45) is 21.5 Å². The van der Waals surface area contributed by atoms with Gasteiger partial charge >= 0.3 is 0 Å². The molecule has 0 amide bonds. The molecule has 6 nitrogen and oxygen atoms in total. The van der Waals surface area contributed by atoms with Crippen LogP contribution in [-0.2, 0) is 0 Å². The molecule has 0 bridgehead atoms. The van der Waals surface area contributed by atoms with Crippen molar-refractivity contribution in [2.75, 3.05) is 11.5 Å². The Morgan fingerprint density at radius 1 is 1.26 bits per heavy atom. The van der Waals surface area contributed by atoms with Crippen LogP contribution in [0.5, 0.6) is 5.75 Å². The van der Waals surface area contributed by atoms with Gasteiger partial charge in [-0.3, -0.25) is 4.90 Å². The molecule has 1 aliphatic heterocycles. The topological polar surface area (TPSA) is 89.2 Å². The van der Waals surface area contributed by atoms with Gasteiger partial charge in [0.05, 0.1) is 12.3 Å². The number of nitrogens with zero attached hydrogens (tertiary/aromatic N) is 3. The zero-order valence-corrected chi connectivity index (χ0v) is 13.3. The molecule has 4 N–H and O–H groups in total. The lowest BCUT2D eigenvalue weighted by atomic mass is 9.87. The van der Waals surface area contributed by atoms with E-state index in [2.05, 4.69) is 9.98 Å². The summed E-state index contributed by atoms with van der Waals surface area (Å²) in [5, 5.41) is 0. The first-order valence-corrected chi connectivity index (χ1v) is 7.98. The molecule has 0 atom stereocenters. The van der Waals surface area contributed by atoms with Crippen molar-refractivity contribution in [1.82, 2.24) is 0 Å². The van der Waals surface area contributed by atoms with E-state index in [0.717, 1.165) is 32.1 Å². The molecule has 0 aromatic heterocycles. The van der Waals surface area contributed by atoms with E-state index in [-0.39, 0.29) is 17.7 Å². The SMILES string of the molecule is CCOc1ccc(F)cc1N1C(N)=NC(N)=NC12CCCCC2. The standard InChI is InChI=1S/C16H22FN5O/c1-2-23-13-7-6-11(17)10-12(13)22-15(19)20-14(18)21-16(22)8-4-3-5-9-16/h6-7,10H,2-5,8-9H2,1H3,(H4,18,19,20,21). The fraction of sp³-hybridized carbons (Fsp3) is 0.500.